The molecule has 0 aliphatic carbocycles. The molecule has 0 aromatic heterocycles. The summed E-state index contributed by atoms with van der Waals surface area (Å²) >= 11 is 5.96. The molecule has 1 aliphatic rings. The van der Waals surface area contributed by atoms with Crippen molar-refractivity contribution in [3.63, 3.8) is 0 Å². The smallest absolute Gasteiger partial charge is 0.407 e. The Morgan fingerprint density at radius 2 is 2.35 bits per heavy atom. The van der Waals surface area contributed by atoms with Crippen molar-refractivity contribution in [1.29, 1.82) is 0 Å². The number of carbonyl (C=O) groups is 1. The highest BCUT2D eigenvalue weighted by molar-refractivity contribution is 6.31. The van der Waals surface area contributed by atoms with Crippen LogP contribution in [0.5, 0.6) is 0 Å². The van der Waals surface area contributed by atoms with Crippen molar-refractivity contribution in [2.75, 3.05) is 13.1 Å². The number of hydrogen-bond acceptors (Lipinski definition) is 3. The number of amides is 1. The fraction of sp³-hybridized carbons (Fsp3) is 0.417. The molecule has 0 spiro atoms. The quantitative estimate of drug-likeness (QED) is 0.867. The topological polar surface area (TPSA) is 50.4 Å². The van der Waals surface area contributed by atoms with E-state index in [4.69, 9.17) is 16.3 Å². The van der Waals surface area contributed by atoms with Gasteiger partial charge in [0.05, 0.1) is 0 Å². The maximum atomic E-state index is 11.5. The lowest BCUT2D eigenvalue weighted by atomic mass is 10.2. The Kier molecular flexibility index (Phi) is 4.23. The number of hydrogen-bond donors (Lipinski definition) is 2. The summed E-state index contributed by atoms with van der Waals surface area (Å²) in [6.45, 7) is 1.95. The first kappa shape index (κ1) is 12.2. The Morgan fingerprint density at radius 1 is 1.53 bits per heavy atom. The van der Waals surface area contributed by atoms with Gasteiger partial charge in [0.15, 0.2) is 0 Å². The highest BCUT2D eigenvalue weighted by atomic mass is 35.5. The molecular weight excluding hydrogens is 240 g/mol. The highest BCUT2D eigenvalue weighted by Gasteiger charge is 2.17. The molecule has 2 N–H and O–H groups in total. The predicted octanol–water partition coefficient (Wildman–Crippen LogP) is 1.93. The molecule has 92 valence electrons. The van der Waals surface area contributed by atoms with Gasteiger partial charge in [0.2, 0.25) is 0 Å². The van der Waals surface area contributed by atoms with Crippen LogP contribution >= 0.6 is 11.6 Å². The summed E-state index contributed by atoms with van der Waals surface area (Å²) in [4.78, 5) is 11.5. The van der Waals surface area contributed by atoms with Crippen LogP contribution in [0.2, 0.25) is 5.02 Å². The maximum absolute atomic E-state index is 11.5. The molecule has 1 aromatic rings. The minimum absolute atomic E-state index is 0.175. The van der Waals surface area contributed by atoms with E-state index in [0.717, 1.165) is 25.1 Å². The van der Waals surface area contributed by atoms with E-state index < -0.39 is 6.09 Å². The molecule has 1 aliphatic heterocycles. The van der Waals surface area contributed by atoms with Gasteiger partial charge in [0, 0.05) is 23.2 Å². The van der Waals surface area contributed by atoms with Gasteiger partial charge in [0.1, 0.15) is 6.61 Å². The summed E-state index contributed by atoms with van der Waals surface area (Å²) in [7, 11) is 0. The van der Waals surface area contributed by atoms with Gasteiger partial charge in [-0.3, -0.25) is 0 Å². The number of nitrogens with one attached hydrogen (secondary N) is 2. The van der Waals surface area contributed by atoms with Crippen LogP contribution in [-0.2, 0) is 11.3 Å². The Morgan fingerprint density at radius 3 is 3.06 bits per heavy atom. The fourth-order valence-corrected chi connectivity index (χ4v) is 1.94. The molecule has 5 heteroatoms. The zero-order valence-electron chi connectivity index (χ0n) is 9.41. The lowest BCUT2D eigenvalue weighted by molar-refractivity contribution is 0.136. The third-order valence-electron chi connectivity index (χ3n) is 2.70. The number of ether oxygens (including phenoxy) is 1. The van der Waals surface area contributed by atoms with E-state index in [1.54, 1.807) is 6.07 Å². The van der Waals surface area contributed by atoms with Gasteiger partial charge in [0.25, 0.3) is 0 Å². The average Bonchev–Trinajstić information content (AvgIpc) is 2.81. The van der Waals surface area contributed by atoms with E-state index in [-0.39, 0.29) is 12.6 Å². The number of halogens is 1. The lowest BCUT2D eigenvalue weighted by Gasteiger charge is -2.12. The van der Waals surface area contributed by atoms with Crippen LogP contribution in [0.3, 0.4) is 0 Å². The molecule has 4 nitrogen and oxygen atoms in total. The zero-order valence-corrected chi connectivity index (χ0v) is 10.2. The van der Waals surface area contributed by atoms with E-state index >= 15 is 0 Å². The second-order valence-corrected chi connectivity index (χ2v) is 4.41. The number of carbonyl (C=O) groups excluding carboxylic acids is 1. The Bertz CT molecular complexity index is 392. The van der Waals surface area contributed by atoms with Crippen LogP contribution in [0.4, 0.5) is 4.79 Å². The molecule has 0 radical (unpaired) electrons. The van der Waals surface area contributed by atoms with Crippen LogP contribution in [0.15, 0.2) is 24.3 Å². The molecule has 1 amide bonds. The summed E-state index contributed by atoms with van der Waals surface area (Å²) < 4.78 is 5.11. The Hall–Kier alpha value is -1.26. The third kappa shape index (κ3) is 3.61. The van der Waals surface area contributed by atoms with Crippen molar-refractivity contribution in [1.82, 2.24) is 10.6 Å². The van der Waals surface area contributed by atoms with Gasteiger partial charge in [-0.05, 0) is 19.0 Å². The molecule has 1 aromatic carbocycles. The monoisotopic (exact) mass is 254 g/mol. The Balaban J connectivity index is 1.77. The lowest BCUT2D eigenvalue weighted by Crippen LogP contribution is -2.36. The van der Waals surface area contributed by atoms with Gasteiger partial charge in [-0.25, -0.2) is 4.79 Å². The molecule has 0 bridgehead atoms. The van der Waals surface area contributed by atoms with Gasteiger partial charge < -0.3 is 15.4 Å². The number of rotatable bonds is 3. The van der Waals surface area contributed by atoms with Crippen LogP contribution in [0, 0.1) is 0 Å². The second-order valence-electron chi connectivity index (χ2n) is 4.00. The van der Waals surface area contributed by atoms with Crippen molar-refractivity contribution >= 4 is 17.7 Å². The molecule has 1 saturated heterocycles. The van der Waals surface area contributed by atoms with E-state index in [1.165, 1.54) is 0 Å². The van der Waals surface area contributed by atoms with Crippen LogP contribution in [-0.4, -0.2) is 25.2 Å². The summed E-state index contributed by atoms with van der Waals surface area (Å²) in [5, 5.41) is 6.58. The maximum Gasteiger partial charge on any atom is 0.407 e. The van der Waals surface area contributed by atoms with Gasteiger partial charge >= 0.3 is 6.09 Å². The first-order chi connectivity index (χ1) is 8.25. The molecule has 0 saturated carbocycles. The summed E-state index contributed by atoms with van der Waals surface area (Å²) in [6.07, 6.45) is 0.555. The van der Waals surface area contributed by atoms with Crippen molar-refractivity contribution in [2.24, 2.45) is 0 Å². The molecule has 1 heterocycles. The van der Waals surface area contributed by atoms with E-state index in [0.29, 0.717) is 5.02 Å². The van der Waals surface area contributed by atoms with Crippen LogP contribution < -0.4 is 10.6 Å². The van der Waals surface area contributed by atoms with Crippen molar-refractivity contribution in [2.45, 2.75) is 19.1 Å². The van der Waals surface area contributed by atoms with Crippen LogP contribution in [0.25, 0.3) is 0 Å². The third-order valence-corrected chi connectivity index (χ3v) is 3.07. The fourth-order valence-electron chi connectivity index (χ4n) is 1.74. The molecule has 17 heavy (non-hydrogen) atoms. The molecule has 1 unspecified atom stereocenters. The summed E-state index contributed by atoms with van der Waals surface area (Å²) in [5.74, 6) is 0. The van der Waals surface area contributed by atoms with Crippen molar-refractivity contribution < 1.29 is 9.53 Å². The summed E-state index contributed by atoms with van der Waals surface area (Å²) in [5.41, 5.74) is 0.814. The molecule has 1 atom stereocenters. The largest absolute Gasteiger partial charge is 0.445 e. The first-order valence-electron chi connectivity index (χ1n) is 5.63. The minimum Gasteiger partial charge on any atom is -0.445 e. The average molecular weight is 255 g/mol. The minimum atomic E-state index is -0.390. The predicted molar refractivity (Wildman–Crippen MR) is 66.0 cm³/mol. The number of alkyl carbamates (subject to hydrolysis) is 1. The van der Waals surface area contributed by atoms with Gasteiger partial charge in [-0.2, -0.15) is 0 Å². The van der Waals surface area contributed by atoms with Crippen LogP contribution in [0.1, 0.15) is 12.0 Å². The van der Waals surface area contributed by atoms with Gasteiger partial charge in [-0.15, -0.1) is 0 Å². The van der Waals surface area contributed by atoms with E-state index in [9.17, 15) is 4.79 Å². The van der Waals surface area contributed by atoms with E-state index in [2.05, 4.69) is 10.6 Å². The molecular formula is C12H15ClN2O2. The molecule has 1 fully saturated rings. The second kappa shape index (κ2) is 5.89. The zero-order chi connectivity index (χ0) is 12.1. The number of benzene rings is 1. The first-order valence-corrected chi connectivity index (χ1v) is 6.01. The van der Waals surface area contributed by atoms with Gasteiger partial charge in [-0.1, -0.05) is 29.8 Å². The molecule has 2 rings (SSSR count). The Labute approximate surface area is 105 Å². The highest BCUT2D eigenvalue weighted by Crippen LogP contribution is 2.15. The summed E-state index contributed by atoms with van der Waals surface area (Å²) in [6, 6.07) is 7.50. The van der Waals surface area contributed by atoms with E-state index in [1.807, 2.05) is 18.2 Å². The SMILES string of the molecule is O=C(NC1CCNC1)OCc1ccccc1Cl. The van der Waals surface area contributed by atoms with Crippen molar-refractivity contribution in [3.05, 3.63) is 34.9 Å². The normalized spacial score (nSPS) is 19.0. The van der Waals surface area contributed by atoms with Crippen molar-refractivity contribution in [3.8, 4) is 0 Å². The standard InChI is InChI=1S/C12H15ClN2O2/c13-11-4-2-1-3-9(11)8-17-12(16)15-10-5-6-14-7-10/h1-4,10,14H,5-8H2,(H,15,16).